The van der Waals surface area contributed by atoms with Crippen molar-refractivity contribution < 1.29 is 9.53 Å². The van der Waals surface area contributed by atoms with Crippen LogP contribution < -0.4 is 15.8 Å². The van der Waals surface area contributed by atoms with Gasteiger partial charge in [-0.05, 0) is 18.2 Å². The van der Waals surface area contributed by atoms with E-state index in [-0.39, 0.29) is 5.91 Å². The summed E-state index contributed by atoms with van der Waals surface area (Å²) in [6, 6.07) is 8.08. The highest BCUT2D eigenvalue weighted by molar-refractivity contribution is 8.03. The molecule has 4 nitrogen and oxygen atoms in total. The Hall–Kier alpha value is -1.88. The molecule has 0 fully saturated rings. The number of primary amides is 1. The number of carbonyl (C=O) groups excluding carboxylic acids is 1. The van der Waals surface area contributed by atoms with E-state index in [1.54, 1.807) is 24.9 Å². The molecule has 19 heavy (non-hydrogen) atoms. The molecule has 1 aromatic rings. The van der Waals surface area contributed by atoms with Crippen LogP contribution in [0.1, 0.15) is 18.9 Å². The van der Waals surface area contributed by atoms with Crippen molar-refractivity contribution in [3.8, 4) is 5.75 Å². The number of rotatable bonds is 1. The Morgan fingerprint density at radius 3 is 2.95 bits per heavy atom. The molecule has 0 saturated carbocycles. The minimum Gasteiger partial charge on any atom is -0.464 e. The molecular weight excluding hydrogens is 260 g/mol. The number of nitrogens with one attached hydrogen (secondary N) is 1. The zero-order valence-electron chi connectivity index (χ0n) is 10.7. The molecule has 3 N–H and O–H groups in total. The van der Waals surface area contributed by atoms with Crippen molar-refractivity contribution in [2.75, 3.05) is 5.88 Å². The summed E-state index contributed by atoms with van der Waals surface area (Å²) in [5, 5.41) is 3.37. The normalized spacial score (nSPS) is 15.2. The van der Waals surface area contributed by atoms with Gasteiger partial charge in [0.25, 0.3) is 0 Å². The molecule has 100 valence electrons. The van der Waals surface area contributed by atoms with Crippen LogP contribution in [0.2, 0.25) is 0 Å². The third-order valence-electron chi connectivity index (χ3n) is 2.64. The van der Waals surface area contributed by atoms with E-state index in [9.17, 15) is 4.79 Å². The molecule has 0 spiro atoms. The van der Waals surface area contributed by atoms with E-state index in [4.69, 9.17) is 4.74 Å². The Bertz CT molecular complexity index is 538. The maximum atomic E-state index is 9.59. The summed E-state index contributed by atoms with van der Waals surface area (Å²) in [6.07, 6.45) is 4.21. The van der Waals surface area contributed by atoms with Crippen molar-refractivity contribution in [2.24, 2.45) is 5.73 Å². The van der Waals surface area contributed by atoms with Crippen LogP contribution in [-0.2, 0) is 4.79 Å². The van der Waals surface area contributed by atoms with Crippen LogP contribution in [0, 0.1) is 0 Å². The van der Waals surface area contributed by atoms with E-state index in [1.165, 1.54) is 10.6 Å². The van der Waals surface area contributed by atoms with Gasteiger partial charge in [-0.15, -0.1) is 11.8 Å². The smallest absolute Gasteiger partial charge is 0.217 e. The van der Waals surface area contributed by atoms with Crippen LogP contribution in [0.4, 0.5) is 0 Å². The van der Waals surface area contributed by atoms with Gasteiger partial charge in [-0.25, -0.2) is 0 Å². The average molecular weight is 276 g/mol. The van der Waals surface area contributed by atoms with E-state index < -0.39 is 0 Å². The molecule has 0 aliphatic carbocycles. The molecular formula is C14H16N2O2S. The second-order valence-corrected chi connectivity index (χ2v) is 4.96. The van der Waals surface area contributed by atoms with Gasteiger partial charge in [0.15, 0.2) is 0 Å². The highest BCUT2D eigenvalue weighted by atomic mass is 32.2. The highest BCUT2D eigenvalue weighted by Gasteiger charge is 2.19. The van der Waals surface area contributed by atoms with E-state index in [1.807, 2.05) is 24.3 Å². The third kappa shape index (κ3) is 3.32. The standard InChI is InChI=1S/C11H9NOS.C3H7NO/c1-2-4-9-8(3-1)11-10(5-6-13-9)14-7-12-11;1-2-3(4)5/h1-6,12H,7H2;2H2,1H3,(H2,4,5). The van der Waals surface area contributed by atoms with Crippen molar-refractivity contribution in [3.05, 3.63) is 47.1 Å². The number of nitrogens with two attached hydrogens (primary N) is 1. The number of amides is 1. The number of benzene rings is 1. The van der Waals surface area contributed by atoms with Crippen LogP contribution >= 0.6 is 11.8 Å². The number of ether oxygens (including phenoxy) is 1. The molecule has 2 aliphatic rings. The van der Waals surface area contributed by atoms with Gasteiger partial charge in [-0.3, -0.25) is 4.79 Å². The van der Waals surface area contributed by atoms with Gasteiger partial charge in [0, 0.05) is 16.9 Å². The zero-order chi connectivity index (χ0) is 13.7. The molecule has 2 aliphatic heterocycles. The minimum atomic E-state index is -0.245. The van der Waals surface area contributed by atoms with Crippen molar-refractivity contribution in [1.82, 2.24) is 5.32 Å². The largest absolute Gasteiger partial charge is 0.464 e. The van der Waals surface area contributed by atoms with Crippen molar-refractivity contribution in [1.29, 1.82) is 0 Å². The molecule has 5 heteroatoms. The summed E-state index contributed by atoms with van der Waals surface area (Å²) in [5.74, 6) is 1.62. The number of hydrogen-bond acceptors (Lipinski definition) is 4. The van der Waals surface area contributed by atoms with E-state index in [0.29, 0.717) is 6.42 Å². The SMILES string of the molecule is C1=CC2=C(NCS2)c2ccccc2O1.CCC(N)=O. The zero-order valence-corrected chi connectivity index (χ0v) is 11.5. The van der Waals surface area contributed by atoms with Crippen LogP contribution in [0.25, 0.3) is 5.70 Å². The summed E-state index contributed by atoms with van der Waals surface area (Å²) in [7, 11) is 0. The second kappa shape index (κ2) is 6.33. The first-order chi connectivity index (χ1) is 9.22. The van der Waals surface area contributed by atoms with Crippen LogP contribution in [-0.4, -0.2) is 11.8 Å². The molecule has 1 aromatic carbocycles. The van der Waals surface area contributed by atoms with E-state index in [0.717, 1.165) is 17.2 Å². The highest BCUT2D eigenvalue weighted by Crippen LogP contribution is 2.37. The van der Waals surface area contributed by atoms with Gasteiger partial charge in [-0.1, -0.05) is 19.1 Å². The number of para-hydroxylation sites is 1. The third-order valence-corrected chi connectivity index (χ3v) is 3.58. The number of thioether (sulfide) groups is 1. The predicted molar refractivity (Wildman–Crippen MR) is 78.2 cm³/mol. The Morgan fingerprint density at radius 1 is 1.47 bits per heavy atom. The molecule has 1 amide bonds. The predicted octanol–water partition coefficient (Wildman–Crippen LogP) is 2.44. The first kappa shape index (κ1) is 13.5. The van der Waals surface area contributed by atoms with Gasteiger partial charge in [0.2, 0.25) is 5.91 Å². The van der Waals surface area contributed by atoms with E-state index >= 15 is 0 Å². The van der Waals surface area contributed by atoms with Gasteiger partial charge in [-0.2, -0.15) is 0 Å². The molecule has 0 aromatic heterocycles. The fourth-order valence-electron chi connectivity index (χ4n) is 1.65. The summed E-state index contributed by atoms with van der Waals surface area (Å²) in [6.45, 7) is 1.72. The van der Waals surface area contributed by atoms with Gasteiger partial charge in [0.1, 0.15) is 5.75 Å². The van der Waals surface area contributed by atoms with E-state index in [2.05, 4.69) is 17.1 Å². The lowest BCUT2D eigenvalue weighted by atomic mass is 10.1. The summed E-state index contributed by atoms with van der Waals surface area (Å²) in [5.41, 5.74) is 7.00. The van der Waals surface area contributed by atoms with Crippen LogP contribution in [0.15, 0.2) is 41.5 Å². The van der Waals surface area contributed by atoms with Crippen LogP contribution in [0.5, 0.6) is 5.75 Å². The topological polar surface area (TPSA) is 64.3 Å². The Kier molecular flexibility index (Phi) is 4.52. The number of hydrogen-bond donors (Lipinski definition) is 2. The average Bonchev–Trinajstić information content (AvgIpc) is 2.81. The lowest BCUT2D eigenvalue weighted by Gasteiger charge is -2.07. The second-order valence-electron chi connectivity index (χ2n) is 3.94. The number of fused-ring (bicyclic) bond motifs is 2. The Morgan fingerprint density at radius 2 is 2.21 bits per heavy atom. The molecule has 0 radical (unpaired) electrons. The van der Waals surface area contributed by atoms with Gasteiger partial charge >= 0.3 is 0 Å². The summed E-state index contributed by atoms with van der Waals surface area (Å²) < 4.78 is 5.51. The Balaban J connectivity index is 0.000000232. The lowest BCUT2D eigenvalue weighted by Crippen LogP contribution is -2.06. The van der Waals surface area contributed by atoms with Crippen LogP contribution in [0.3, 0.4) is 0 Å². The first-order valence-electron chi connectivity index (χ1n) is 6.04. The van der Waals surface area contributed by atoms with Crippen molar-refractivity contribution in [3.63, 3.8) is 0 Å². The monoisotopic (exact) mass is 276 g/mol. The summed E-state index contributed by atoms with van der Waals surface area (Å²) >= 11 is 1.80. The first-order valence-corrected chi connectivity index (χ1v) is 7.02. The quantitative estimate of drug-likeness (QED) is 0.827. The van der Waals surface area contributed by atoms with Crippen molar-refractivity contribution >= 4 is 23.4 Å². The fraction of sp³-hybridized carbons (Fsp3) is 0.214. The fourth-order valence-corrected chi connectivity index (χ4v) is 2.50. The maximum Gasteiger partial charge on any atom is 0.217 e. The number of allylic oxidation sites excluding steroid dienone is 1. The van der Waals surface area contributed by atoms with Crippen molar-refractivity contribution in [2.45, 2.75) is 13.3 Å². The minimum absolute atomic E-state index is 0.245. The molecule has 0 bridgehead atoms. The molecule has 0 atom stereocenters. The molecule has 0 saturated heterocycles. The summed E-state index contributed by atoms with van der Waals surface area (Å²) in [4.78, 5) is 10.8. The molecule has 0 unspecified atom stereocenters. The van der Waals surface area contributed by atoms with Gasteiger partial charge in [0.05, 0.1) is 17.8 Å². The Labute approximate surface area is 116 Å². The molecule has 2 heterocycles. The maximum absolute atomic E-state index is 9.59. The van der Waals surface area contributed by atoms with Gasteiger partial charge < -0.3 is 15.8 Å². The number of carbonyl (C=O) groups is 1. The lowest BCUT2D eigenvalue weighted by molar-refractivity contribution is -0.117. The molecule has 3 rings (SSSR count).